The first-order valence-corrected chi connectivity index (χ1v) is 21.6. The monoisotopic (exact) mass is 664 g/mol. The summed E-state index contributed by atoms with van der Waals surface area (Å²) < 4.78 is 0. The molecule has 0 aromatic carbocycles. The molecule has 0 saturated heterocycles. The molecule has 0 atom stereocenters. The maximum absolute atomic E-state index is 12.1. The molecule has 0 heterocycles. The molecule has 2 N–H and O–H groups in total. The highest BCUT2D eigenvalue weighted by Gasteiger charge is 2.09. The van der Waals surface area contributed by atoms with Gasteiger partial charge in [0, 0.05) is 25.9 Å². The summed E-state index contributed by atoms with van der Waals surface area (Å²) in [7, 11) is 4.50. The SMILES string of the molecule is CCCCCC/C=C\CNC(=O)CCCCCCCP(CCCCCCCC(=O)NC/C=C\CCCCCC)CCCCN(C)C. The predicted molar refractivity (Wildman–Crippen MR) is 207 cm³/mol. The van der Waals surface area contributed by atoms with Gasteiger partial charge in [-0.1, -0.05) is 115 Å². The van der Waals surface area contributed by atoms with Crippen molar-refractivity contribution >= 4 is 19.7 Å². The Morgan fingerprint density at radius 2 is 0.891 bits per heavy atom. The second-order valence-electron chi connectivity index (χ2n) is 13.6. The molecule has 0 fully saturated rings. The fourth-order valence-corrected chi connectivity index (χ4v) is 8.39. The Morgan fingerprint density at radius 3 is 1.33 bits per heavy atom. The lowest BCUT2D eigenvalue weighted by atomic mass is 10.1. The van der Waals surface area contributed by atoms with Gasteiger partial charge in [-0.05, 0) is 103 Å². The highest BCUT2D eigenvalue weighted by Crippen LogP contribution is 2.39. The van der Waals surface area contributed by atoms with Crippen LogP contribution < -0.4 is 10.6 Å². The highest BCUT2D eigenvalue weighted by atomic mass is 31.1. The number of allylic oxidation sites excluding steroid dienone is 2. The summed E-state index contributed by atoms with van der Waals surface area (Å²) >= 11 is 0. The Labute approximate surface area is 288 Å². The van der Waals surface area contributed by atoms with Gasteiger partial charge in [0.2, 0.25) is 11.8 Å². The molecular weight excluding hydrogens is 585 g/mol. The van der Waals surface area contributed by atoms with Gasteiger partial charge in [-0.2, -0.15) is 0 Å². The van der Waals surface area contributed by atoms with Gasteiger partial charge in [0.15, 0.2) is 0 Å². The molecular formula is C40H78N3O2P. The minimum Gasteiger partial charge on any atom is -0.353 e. The fourth-order valence-electron chi connectivity index (χ4n) is 5.70. The molecule has 270 valence electrons. The Hall–Kier alpha value is -1.19. The van der Waals surface area contributed by atoms with Crippen molar-refractivity contribution in [2.24, 2.45) is 0 Å². The number of hydrogen-bond donors (Lipinski definition) is 2. The zero-order chi connectivity index (χ0) is 33.8. The maximum atomic E-state index is 12.1. The molecule has 0 aliphatic rings. The molecule has 0 bridgehead atoms. The topological polar surface area (TPSA) is 61.4 Å². The van der Waals surface area contributed by atoms with E-state index in [0.29, 0.717) is 25.9 Å². The van der Waals surface area contributed by atoms with Crippen molar-refractivity contribution in [1.29, 1.82) is 0 Å². The van der Waals surface area contributed by atoms with E-state index < -0.39 is 0 Å². The largest absolute Gasteiger partial charge is 0.353 e. The van der Waals surface area contributed by atoms with Gasteiger partial charge in [0.25, 0.3) is 0 Å². The summed E-state index contributed by atoms with van der Waals surface area (Å²) in [5.41, 5.74) is 0. The fraction of sp³-hybridized carbons (Fsp3) is 0.850. The zero-order valence-corrected chi connectivity index (χ0v) is 32.1. The van der Waals surface area contributed by atoms with Crippen molar-refractivity contribution in [3.8, 4) is 0 Å². The van der Waals surface area contributed by atoms with Crippen LogP contribution in [0.1, 0.15) is 168 Å². The van der Waals surface area contributed by atoms with Crippen molar-refractivity contribution in [1.82, 2.24) is 15.5 Å². The van der Waals surface area contributed by atoms with Crippen LogP contribution in [0.25, 0.3) is 0 Å². The predicted octanol–water partition coefficient (Wildman–Crippen LogP) is 10.8. The van der Waals surface area contributed by atoms with Gasteiger partial charge in [0.1, 0.15) is 0 Å². The summed E-state index contributed by atoms with van der Waals surface area (Å²) in [5.74, 6) is 0.410. The molecule has 0 radical (unpaired) electrons. The molecule has 0 aromatic heterocycles. The smallest absolute Gasteiger partial charge is 0.220 e. The summed E-state index contributed by atoms with van der Waals surface area (Å²) in [6.45, 7) is 7.05. The van der Waals surface area contributed by atoms with Crippen LogP contribution in [0.5, 0.6) is 0 Å². The number of hydrogen-bond acceptors (Lipinski definition) is 3. The van der Waals surface area contributed by atoms with Crippen LogP contribution in [0.15, 0.2) is 24.3 Å². The summed E-state index contributed by atoms with van der Waals surface area (Å²) in [5, 5.41) is 6.09. The Kier molecular flexibility index (Phi) is 35.7. The van der Waals surface area contributed by atoms with E-state index in [1.807, 2.05) is 0 Å². The van der Waals surface area contributed by atoms with Gasteiger partial charge in [-0.15, -0.1) is 7.92 Å². The molecule has 0 unspecified atom stereocenters. The van der Waals surface area contributed by atoms with E-state index in [1.54, 1.807) is 0 Å². The third-order valence-corrected chi connectivity index (χ3v) is 11.5. The number of carbonyl (C=O) groups is 2. The first-order valence-electron chi connectivity index (χ1n) is 19.7. The third kappa shape index (κ3) is 35.7. The van der Waals surface area contributed by atoms with E-state index in [9.17, 15) is 9.59 Å². The van der Waals surface area contributed by atoms with Gasteiger partial charge < -0.3 is 15.5 Å². The van der Waals surface area contributed by atoms with Crippen LogP contribution in [-0.2, 0) is 9.59 Å². The van der Waals surface area contributed by atoms with Crippen molar-refractivity contribution in [3.05, 3.63) is 24.3 Å². The number of carbonyl (C=O) groups excluding carboxylic acids is 2. The van der Waals surface area contributed by atoms with Gasteiger partial charge in [-0.25, -0.2) is 0 Å². The van der Waals surface area contributed by atoms with Crippen LogP contribution >= 0.6 is 7.92 Å². The second kappa shape index (κ2) is 36.6. The molecule has 5 nitrogen and oxygen atoms in total. The quantitative estimate of drug-likeness (QED) is 0.0403. The standard InChI is InChI=1S/C40H78N3O2P/c1-5-7-9-11-13-19-25-33-41-39(44)31-23-17-15-21-28-36-46(38-30-27-35-43(3)4)37-29-22-16-18-24-32-40(45)42-34-26-20-14-12-10-8-6-2/h19-20,25-26H,5-18,21-24,27-38H2,1-4H3,(H,41,44)(H,42,45)/b25-19-,26-20-. The molecule has 0 rings (SSSR count). The summed E-state index contributed by atoms with van der Waals surface area (Å²) in [6, 6.07) is 0. The van der Waals surface area contributed by atoms with E-state index in [1.165, 1.54) is 141 Å². The van der Waals surface area contributed by atoms with Gasteiger partial charge in [-0.3, -0.25) is 9.59 Å². The maximum Gasteiger partial charge on any atom is 0.220 e. The average molecular weight is 664 g/mol. The summed E-state index contributed by atoms with van der Waals surface area (Å²) in [4.78, 5) is 26.5. The first-order chi connectivity index (χ1) is 22.5. The molecule has 0 saturated carbocycles. The van der Waals surface area contributed by atoms with Crippen molar-refractivity contribution in [2.45, 2.75) is 168 Å². The van der Waals surface area contributed by atoms with E-state index in [2.05, 4.69) is 67.8 Å². The number of rotatable bonds is 35. The minimum atomic E-state index is 0.149. The van der Waals surface area contributed by atoms with E-state index >= 15 is 0 Å². The number of nitrogens with one attached hydrogen (secondary N) is 2. The molecule has 2 amide bonds. The Morgan fingerprint density at radius 1 is 0.500 bits per heavy atom. The van der Waals surface area contributed by atoms with Gasteiger partial charge in [0.05, 0.1) is 0 Å². The molecule has 6 heteroatoms. The zero-order valence-electron chi connectivity index (χ0n) is 31.2. The third-order valence-electron chi connectivity index (χ3n) is 8.70. The van der Waals surface area contributed by atoms with Crippen LogP contribution in [0.2, 0.25) is 0 Å². The van der Waals surface area contributed by atoms with Crippen LogP contribution in [-0.4, -0.2) is 68.9 Å². The minimum absolute atomic E-state index is 0.149. The van der Waals surface area contributed by atoms with Crippen molar-refractivity contribution in [2.75, 3.05) is 52.2 Å². The second-order valence-corrected chi connectivity index (χ2v) is 16.3. The number of nitrogens with zero attached hydrogens (tertiary/aromatic N) is 1. The normalized spacial score (nSPS) is 11.9. The van der Waals surface area contributed by atoms with Crippen molar-refractivity contribution < 1.29 is 9.59 Å². The molecule has 0 aliphatic carbocycles. The first kappa shape index (κ1) is 44.8. The van der Waals surface area contributed by atoms with E-state index in [0.717, 1.165) is 25.7 Å². The van der Waals surface area contributed by atoms with Gasteiger partial charge >= 0.3 is 0 Å². The van der Waals surface area contributed by atoms with E-state index in [-0.39, 0.29) is 19.7 Å². The summed E-state index contributed by atoms with van der Waals surface area (Å²) in [6.07, 6.45) is 41.9. The lowest BCUT2D eigenvalue weighted by Gasteiger charge is -2.18. The van der Waals surface area contributed by atoms with Crippen LogP contribution in [0, 0.1) is 0 Å². The lowest BCUT2D eigenvalue weighted by molar-refractivity contribution is -0.121. The number of amides is 2. The lowest BCUT2D eigenvalue weighted by Crippen LogP contribution is -2.22. The van der Waals surface area contributed by atoms with Crippen LogP contribution in [0.3, 0.4) is 0 Å². The molecule has 0 aliphatic heterocycles. The molecule has 0 aromatic rings. The van der Waals surface area contributed by atoms with Crippen LogP contribution in [0.4, 0.5) is 0 Å². The molecule has 0 spiro atoms. The van der Waals surface area contributed by atoms with E-state index in [4.69, 9.17) is 0 Å². The Balaban J connectivity index is 3.93. The molecule has 46 heavy (non-hydrogen) atoms. The average Bonchev–Trinajstić information content (AvgIpc) is 3.04. The highest BCUT2D eigenvalue weighted by molar-refractivity contribution is 7.57. The number of unbranched alkanes of at least 4 members (excludes halogenated alkanes) is 17. The van der Waals surface area contributed by atoms with Crippen molar-refractivity contribution in [3.63, 3.8) is 0 Å². The Bertz CT molecular complexity index is 673.